The Morgan fingerprint density at radius 2 is 2.40 bits per heavy atom. The van der Waals surface area contributed by atoms with E-state index in [9.17, 15) is 4.79 Å². The van der Waals surface area contributed by atoms with E-state index < -0.39 is 0 Å². The summed E-state index contributed by atoms with van der Waals surface area (Å²) >= 11 is 0. The van der Waals surface area contributed by atoms with Crippen molar-refractivity contribution in [2.45, 2.75) is 25.9 Å². The number of anilines is 1. The van der Waals surface area contributed by atoms with Crippen molar-refractivity contribution in [2.24, 2.45) is 0 Å². The van der Waals surface area contributed by atoms with Crippen LogP contribution in [0.1, 0.15) is 18.5 Å². The van der Waals surface area contributed by atoms with E-state index in [2.05, 4.69) is 15.3 Å². The van der Waals surface area contributed by atoms with Crippen LogP contribution in [-0.2, 0) is 14.3 Å². The maximum Gasteiger partial charge on any atom is 0.252 e. The minimum atomic E-state index is -0.296. The van der Waals surface area contributed by atoms with Crippen LogP contribution in [0.4, 0.5) is 5.95 Å². The Bertz CT molecular complexity index is 461. The molecule has 1 aliphatic rings. The number of carbonyl (C=O) groups excluding carboxylic acids is 1. The zero-order valence-electron chi connectivity index (χ0n) is 11.7. The molecule has 7 nitrogen and oxygen atoms in total. The predicted molar refractivity (Wildman–Crippen MR) is 71.7 cm³/mol. The lowest BCUT2D eigenvalue weighted by Crippen LogP contribution is -2.23. The van der Waals surface area contributed by atoms with Gasteiger partial charge in [0.25, 0.3) is 5.91 Å². The van der Waals surface area contributed by atoms with Gasteiger partial charge in [-0.1, -0.05) is 0 Å². The van der Waals surface area contributed by atoms with E-state index in [0.29, 0.717) is 18.2 Å². The normalized spacial score (nSPS) is 18.0. The average molecular weight is 281 g/mol. The summed E-state index contributed by atoms with van der Waals surface area (Å²) in [5.41, 5.74) is 0.715. The summed E-state index contributed by atoms with van der Waals surface area (Å²) in [4.78, 5) is 19.8. The third-order valence-corrected chi connectivity index (χ3v) is 2.85. The third kappa shape index (κ3) is 4.43. The Balaban J connectivity index is 1.77. The minimum absolute atomic E-state index is 0.0422. The summed E-state index contributed by atoms with van der Waals surface area (Å²) in [6, 6.07) is 1.68. The van der Waals surface area contributed by atoms with Gasteiger partial charge in [-0.25, -0.2) is 4.98 Å². The monoisotopic (exact) mass is 281 g/mol. The SMILES string of the molecule is COc1cc(C)nc(NC(=O)COCC2CCCO2)n1. The van der Waals surface area contributed by atoms with Gasteiger partial charge in [-0.3, -0.25) is 10.1 Å². The number of ether oxygens (including phenoxy) is 3. The molecule has 0 aliphatic carbocycles. The molecule has 0 saturated carbocycles. The van der Waals surface area contributed by atoms with Crippen LogP contribution in [0.3, 0.4) is 0 Å². The third-order valence-electron chi connectivity index (χ3n) is 2.85. The molecule has 0 radical (unpaired) electrons. The molecule has 0 spiro atoms. The van der Waals surface area contributed by atoms with Crippen LogP contribution in [0.2, 0.25) is 0 Å². The number of amides is 1. The molecule has 1 aromatic rings. The van der Waals surface area contributed by atoms with Crippen molar-refractivity contribution in [3.8, 4) is 5.88 Å². The van der Waals surface area contributed by atoms with Crippen molar-refractivity contribution in [3.63, 3.8) is 0 Å². The number of carbonyl (C=O) groups is 1. The number of hydrogen-bond acceptors (Lipinski definition) is 6. The van der Waals surface area contributed by atoms with Gasteiger partial charge in [-0.15, -0.1) is 0 Å². The van der Waals surface area contributed by atoms with Gasteiger partial charge in [-0.05, 0) is 19.8 Å². The molecule has 1 amide bonds. The molecule has 1 unspecified atom stereocenters. The highest BCUT2D eigenvalue weighted by Crippen LogP contribution is 2.12. The van der Waals surface area contributed by atoms with Gasteiger partial charge in [0.05, 0.1) is 19.8 Å². The van der Waals surface area contributed by atoms with E-state index in [1.807, 2.05) is 0 Å². The molecule has 1 N–H and O–H groups in total. The second kappa shape index (κ2) is 7.16. The summed E-state index contributed by atoms with van der Waals surface area (Å²) in [5, 5.41) is 2.58. The first-order chi connectivity index (χ1) is 9.67. The smallest absolute Gasteiger partial charge is 0.252 e. The molecule has 2 rings (SSSR count). The molecule has 1 aromatic heterocycles. The highest BCUT2D eigenvalue weighted by atomic mass is 16.5. The van der Waals surface area contributed by atoms with Crippen molar-refractivity contribution in [1.82, 2.24) is 9.97 Å². The van der Waals surface area contributed by atoms with Gasteiger partial charge >= 0.3 is 0 Å². The van der Waals surface area contributed by atoms with E-state index in [0.717, 1.165) is 19.4 Å². The predicted octanol–water partition coefficient (Wildman–Crippen LogP) is 0.928. The maximum absolute atomic E-state index is 11.7. The van der Waals surface area contributed by atoms with Gasteiger partial charge in [0.1, 0.15) is 6.61 Å². The number of nitrogens with one attached hydrogen (secondary N) is 1. The number of rotatable bonds is 6. The summed E-state index contributed by atoms with van der Waals surface area (Å²) in [6.45, 7) is 2.97. The van der Waals surface area contributed by atoms with Crippen LogP contribution in [0.5, 0.6) is 5.88 Å². The zero-order valence-corrected chi connectivity index (χ0v) is 11.7. The van der Waals surface area contributed by atoms with Crippen LogP contribution in [0.25, 0.3) is 0 Å². The molecule has 1 atom stereocenters. The van der Waals surface area contributed by atoms with E-state index in [1.54, 1.807) is 13.0 Å². The molecule has 7 heteroatoms. The van der Waals surface area contributed by atoms with Crippen molar-refractivity contribution < 1.29 is 19.0 Å². The number of aromatic nitrogens is 2. The first-order valence-corrected chi connectivity index (χ1v) is 6.56. The van der Waals surface area contributed by atoms with Crippen molar-refractivity contribution in [3.05, 3.63) is 11.8 Å². The van der Waals surface area contributed by atoms with Crippen LogP contribution in [0, 0.1) is 6.92 Å². The van der Waals surface area contributed by atoms with Gasteiger partial charge < -0.3 is 14.2 Å². The first kappa shape index (κ1) is 14.7. The average Bonchev–Trinajstić information content (AvgIpc) is 2.91. The molecule has 1 saturated heterocycles. The quantitative estimate of drug-likeness (QED) is 0.835. The first-order valence-electron chi connectivity index (χ1n) is 6.56. The molecule has 1 aliphatic heterocycles. The van der Waals surface area contributed by atoms with E-state index in [4.69, 9.17) is 14.2 Å². The zero-order chi connectivity index (χ0) is 14.4. The van der Waals surface area contributed by atoms with Gasteiger partial charge in [0.2, 0.25) is 11.8 Å². The topological polar surface area (TPSA) is 82.6 Å². The van der Waals surface area contributed by atoms with E-state index >= 15 is 0 Å². The highest BCUT2D eigenvalue weighted by Gasteiger charge is 2.16. The molecule has 20 heavy (non-hydrogen) atoms. The van der Waals surface area contributed by atoms with Gasteiger partial charge in [-0.2, -0.15) is 4.98 Å². The fraction of sp³-hybridized carbons (Fsp3) is 0.615. The van der Waals surface area contributed by atoms with Crippen molar-refractivity contribution in [2.75, 3.05) is 32.2 Å². The summed E-state index contributed by atoms with van der Waals surface area (Å²) in [5.74, 6) is 0.330. The largest absolute Gasteiger partial charge is 0.481 e. The highest BCUT2D eigenvalue weighted by molar-refractivity contribution is 5.90. The van der Waals surface area contributed by atoms with Crippen LogP contribution in [0.15, 0.2) is 6.07 Å². The molecule has 0 bridgehead atoms. The fourth-order valence-electron chi connectivity index (χ4n) is 1.92. The lowest BCUT2D eigenvalue weighted by atomic mass is 10.2. The van der Waals surface area contributed by atoms with Crippen LogP contribution >= 0.6 is 0 Å². The summed E-state index contributed by atoms with van der Waals surface area (Å²) in [7, 11) is 1.51. The Morgan fingerprint density at radius 1 is 1.55 bits per heavy atom. The Morgan fingerprint density at radius 3 is 3.10 bits per heavy atom. The lowest BCUT2D eigenvalue weighted by Gasteiger charge is -2.10. The fourth-order valence-corrected chi connectivity index (χ4v) is 1.92. The maximum atomic E-state index is 11.7. The standard InChI is InChI=1S/C13H19N3O4/c1-9-6-12(18-2)16-13(14-9)15-11(17)8-19-7-10-4-3-5-20-10/h6,10H,3-5,7-8H2,1-2H3,(H,14,15,16,17). The summed E-state index contributed by atoms with van der Waals surface area (Å²) in [6.07, 6.45) is 2.15. The molecule has 110 valence electrons. The number of nitrogens with zero attached hydrogens (tertiary/aromatic N) is 2. The van der Waals surface area contributed by atoms with Crippen LogP contribution in [-0.4, -0.2) is 48.9 Å². The second-order valence-corrected chi connectivity index (χ2v) is 4.57. The van der Waals surface area contributed by atoms with E-state index in [1.165, 1.54) is 7.11 Å². The van der Waals surface area contributed by atoms with E-state index in [-0.39, 0.29) is 24.6 Å². The minimum Gasteiger partial charge on any atom is -0.481 e. The Kier molecular flexibility index (Phi) is 5.25. The van der Waals surface area contributed by atoms with Crippen molar-refractivity contribution >= 4 is 11.9 Å². The van der Waals surface area contributed by atoms with Gasteiger partial charge in [0, 0.05) is 18.4 Å². The lowest BCUT2D eigenvalue weighted by molar-refractivity contribution is -0.121. The Labute approximate surface area is 117 Å². The van der Waals surface area contributed by atoms with Crippen LogP contribution < -0.4 is 10.1 Å². The number of hydrogen-bond donors (Lipinski definition) is 1. The summed E-state index contributed by atoms with van der Waals surface area (Å²) < 4.78 is 15.7. The number of methoxy groups -OCH3 is 1. The van der Waals surface area contributed by atoms with Crippen molar-refractivity contribution in [1.29, 1.82) is 0 Å². The number of aryl methyl sites for hydroxylation is 1. The molecular weight excluding hydrogens is 262 g/mol. The molecular formula is C13H19N3O4. The van der Waals surface area contributed by atoms with Gasteiger partial charge in [0.15, 0.2) is 0 Å². The molecule has 2 heterocycles. The molecule has 1 fully saturated rings. The molecule has 0 aromatic carbocycles. The second-order valence-electron chi connectivity index (χ2n) is 4.57. The Hall–Kier alpha value is -1.73.